The fraction of sp³-hybridized carbons (Fsp3) is 0.308. The first-order valence-corrected chi connectivity index (χ1v) is 9.83. The van der Waals surface area contributed by atoms with Gasteiger partial charge in [0.05, 0.1) is 0 Å². The fourth-order valence-electron chi connectivity index (χ4n) is 1.65. The van der Waals surface area contributed by atoms with Gasteiger partial charge in [0.15, 0.2) is 0 Å². The van der Waals surface area contributed by atoms with E-state index in [-0.39, 0.29) is 12.3 Å². The first-order chi connectivity index (χ1) is 10.9. The molecule has 0 aliphatic rings. The average Bonchev–Trinajstić information content (AvgIpc) is 2.52. The Morgan fingerprint density at radius 3 is 2.26 bits per heavy atom. The molecule has 10 heteroatoms. The van der Waals surface area contributed by atoms with E-state index in [0.717, 1.165) is 0 Å². The Bertz CT molecular complexity index is 567. The zero-order valence-electron chi connectivity index (χ0n) is 12.1. The molecule has 0 saturated heterocycles. The van der Waals surface area contributed by atoms with E-state index in [1.807, 2.05) is 0 Å². The zero-order chi connectivity index (χ0) is 17.4. The third-order valence-electron chi connectivity index (χ3n) is 2.81. The van der Waals surface area contributed by atoms with Crippen LogP contribution in [0.4, 0.5) is 5.69 Å². The summed E-state index contributed by atoms with van der Waals surface area (Å²) in [7, 11) is 0. The van der Waals surface area contributed by atoms with Crippen LogP contribution in [0.5, 0.6) is 0 Å². The van der Waals surface area contributed by atoms with Gasteiger partial charge in [-0.05, 0) is 0 Å². The number of carbonyl (C=O) groups is 3. The number of hydrogen-bond acceptors (Lipinski definition) is 7. The number of hydrogen-bond donors (Lipinski definition) is 6. The third kappa shape index (κ3) is 6.72. The van der Waals surface area contributed by atoms with E-state index < -0.39 is 45.4 Å². The van der Waals surface area contributed by atoms with Gasteiger partial charge in [-0.2, -0.15) is 0 Å². The van der Waals surface area contributed by atoms with E-state index in [4.69, 9.17) is 13.9 Å². The molecule has 0 saturated carbocycles. The Labute approximate surface area is 143 Å². The van der Waals surface area contributed by atoms with Crippen LogP contribution in [-0.2, 0) is 14.4 Å². The van der Waals surface area contributed by atoms with Gasteiger partial charge in [-0.15, -0.1) is 0 Å². The summed E-state index contributed by atoms with van der Waals surface area (Å²) in [5.74, 6) is -1.46. The Hall–Kier alpha value is -1.38. The molecule has 23 heavy (non-hydrogen) atoms. The van der Waals surface area contributed by atoms with Crippen LogP contribution in [0.15, 0.2) is 24.3 Å². The van der Waals surface area contributed by atoms with Crippen LogP contribution >= 0.6 is 12.6 Å². The van der Waals surface area contributed by atoms with Crippen LogP contribution in [0.25, 0.3) is 0 Å². The molecule has 1 rings (SSSR count). The molecule has 0 heterocycles. The molecule has 0 aliphatic carbocycles. The number of amides is 2. The van der Waals surface area contributed by atoms with Gasteiger partial charge in [-0.25, -0.2) is 0 Å². The van der Waals surface area contributed by atoms with E-state index in [2.05, 4.69) is 23.3 Å². The van der Waals surface area contributed by atoms with E-state index in [1.165, 1.54) is 24.3 Å². The van der Waals surface area contributed by atoms with Gasteiger partial charge >= 0.3 is 138 Å². The number of rotatable bonds is 8. The molecule has 2 amide bonds. The van der Waals surface area contributed by atoms with Gasteiger partial charge in [-0.3, -0.25) is 0 Å². The molecule has 6 N–H and O–H groups in total. The Morgan fingerprint density at radius 2 is 1.78 bits per heavy atom. The van der Waals surface area contributed by atoms with Crippen LogP contribution in [0.2, 0.25) is 0 Å². The van der Waals surface area contributed by atoms with Crippen molar-refractivity contribution in [2.45, 2.75) is 12.5 Å². The average molecular weight is 403 g/mol. The molecule has 0 fully saturated rings. The van der Waals surface area contributed by atoms with Crippen molar-refractivity contribution in [3.05, 3.63) is 24.3 Å². The fourth-order valence-corrected chi connectivity index (χ4v) is 2.81. The molecule has 1 atom stereocenters. The van der Waals surface area contributed by atoms with Crippen molar-refractivity contribution in [1.82, 2.24) is 5.32 Å². The summed E-state index contributed by atoms with van der Waals surface area (Å²) in [6.07, 6.45) is -0.421. The van der Waals surface area contributed by atoms with E-state index in [9.17, 15) is 14.4 Å². The SMILES string of the molecule is NCC(=O)N[C@@H](CS)C(=O)CC(=O)Nc1ccc([As](O)O)cc1. The van der Waals surface area contributed by atoms with Crippen LogP contribution in [0.3, 0.4) is 0 Å². The van der Waals surface area contributed by atoms with Crippen LogP contribution in [-0.4, -0.2) is 59.5 Å². The first kappa shape index (κ1) is 19.7. The first-order valence-electron chi connectivity index (χ1n) is 6.58. The third-order valence-corrected chi connectivity index (χ3v) is 4.77. The molecule has 0 unspecified atom stereocenters. The van der Waals surface area contributed by atoms with Gasteiger partial charge in [0.25, 0.3) is 0 Å². The summed E-state index contributed by atoms with van der Waals surface area (Å²) < 4.78 is 18.7. The monoisotopic (exact) mass is 403 g/mol. The maximum absolute atomic E-state index is 11.9. The summed E-state index contributed by atoms with van der Waals surface area (Å²) in [6.45, 7) is -0.254. The molecule has 126 valence electrons. The van der Waals surface area contributed by atoms with Gasteiger partial charge in [0.1, 0.15) is 0 Å². The topological polar surface area (TPSA) is 142 Å². The molecular formula is C13H18AsN3O5S. The quantitative estimate of drug-likeness (QED) is 0.163. The Kier molecular flexibility index (Phi) is 8.28. The molecule has 0 aromatic heterocycles. The van der Waals surface area contributed by atoms with Crippen LogP contribution < -0.4 is 20.7 Å². The number of nitrogens with two attached hydrogens (primary N) is 1. The molecule has 0 spiro atoms. The maximum atomic E-state index is 11.9. The molecule has 1 aromatic rings. The van der Waals surface area contributed by atoms with Crippen LogP contribution in [0.1, 0.15) is 6.42 Å². The van der Waals surface area contributed by atoms with Crippen molar-refractivity contribution in [2.75, 3.05) is 17.6 Å². The number of nitrogens with one attached hydrogen (secondary N) is 2. The number of carbonyl (C=O) groups excluding carboxylic acids is 3. The standard InChI is InChI=1S/C13H18AsN3O5S/c15-6-13(20)17-10(7-23)11(18)5-12(19)16-9-3-1-8(2-4-9)14(21)22/h1-4,10,21-23H,5-7,15H2,(H,16,19)(H,17,20)/t10-/m0/s1. The second-order valence-corrected chi connectivity index (χ2v) is 7.20. The summed E-state index contributed by atoms with van der Waals surface area (Å²) in [5, 5.41) is 4.90. The van der Waals surface area contributed by atoms with Gasteiger partial charge < -0.3 is 5.73 Å². The molecule has 8 nitrogen and oxygen atoms in total. The minimum atomic E-state index is -2.93. The minimum absolute atomic E-state index is 0.0613. The number of thiol groups is 1. The van der Waals surface area contributed by atoms with Crippen molar-refractivity contribution in [3.63, 3.8) is 0 Å². The number of benzene rings is 1. The van der Waals surface area contributed by atoms with Crippen molar-refractivity contribution in [1.29, 1.82) is 0 Å². The second kappa shape index (κ2) is 9.69. The second-order valence-electron chi connectivity index (χ2n) is 4.53. The molecule has 0 aliphatic heterocycles. The number of Topliss-reactive ketones (excluding diaryl/α,β-unsaturated/α-hetero) is 1. The van der Waals surface area contributed by atoms with Gasteiger partial charge in [0.2, 0.25) is 0 Å². The predicted molar refractivity (Wildman–Crippen MR) is 89.4 cm³/mol. The van der Waals surface area contributed by atoms with E-state index in [0.29, 0.717) is 10.0 Å². The van der Waals surface area contributed by atoms with Crippen molar-refractivity contribution < 1.29 is 22.6 Å². The Balaban J connectivity index is 2.57. The van der Waals surface area contributed by atoms with E-state index in [1.54, 1.807) is 0 Å². The summed E-state index contributed by atoms with van der Waals surface area (Å²) >= 11 is 1.04. The molecule has 1 aromatic carbocycles. The van der Waals surface area contributed by atoms with Gasteiger partial charge in [0, 0.05) is 0 Å². The molecular weight excluding hydrogens is 385 g/mol. The predicted octanol–water partition coefficient (Wildman–Crippen LogP) is -2.36. The normalized spacial score (nSPS) is 11.9. The van der Waals surface area contributed by atoms with Crippen molar-refractivity contribution in [3.8, 4) is 0 Å². The van der Waals surface area contributed by atoms with E-state index >= 15 is 0 Å². The zero-order valence-corrected chi connectivity index (χ0v) is 14.9. The molecule has 0 bridgehead atoms. The summed E-state index contributed by atoms with van der Waals surface area (Å²) in [6, 6.07) is 5.14. The van der Waals surface area contributed by atoms with Crippen LogP contribution in [0, 0.1) is 0 Å². The number of ketones is 1. The Morgan fingerprint density at radius 1 is 1.17 bits per heavy atom. The summed E-state index contributed by atoms with van der Waals surface area (Å²) in [5.41, 5.74) is 5.58. The van der Waals surface area contributed by atoms with Crippen molar-refractivity contribution in [2.24, 2.45) is 5.73 Å². The summed E-state index contributed by atoms with van der Waals surface area (Å²) in [4.78, 5) is 35.0. The molecule has 0 radical (unpaired) electrons. The number of anilines is 1. The van der Waals surface area contributed by atoms with Crippen molar-refractivity contribution >= 4 is 55.6 Å². The van der Waals surface area contributed by atoms with Gasteiger partial charge in [-0.1, -0.05) is 0 Å².